The van der Waals surface area contributed by atoms with E-state index in [1.807, 2.05) is 35.9 Å². The second kappa shape index (κ2) is 6.53. The molecule has 0 bridgehead atoms. The number of rotatable bonds is 6. The van der Waals surface area contributed by atoms with Gasteiger partial charge in [0.15, 0.2) is 0 Å². The lowest BCUT2D eigenvalue weighted by molar-refractivity contribution is -0.109. The molecule has 0 radical (unpaired) electrons. The summed E-state index contributed by atoms with van der Waals surface area (Å²) in [4.78, 5) is 14.4. The number of aromatic nitrogens is 2. The number of imidazole rings is 1. The molecule has 0 saturated carbocycles. The Hall–Kier alpha value is -2.61. The van der Waals surface area contributed by atoms with Gasteiger partial charge < -0.3 is 9.88 Å². The highest BCUT2D eigenvalue weighted by Crippen LogP contribution is 2.12. The third-order valence-electron chi connectivity index (χ3n) is 3.17. The van der Waals surface area contributed by atoms with Crippen LogP contribution >= 0.6 is 0 Å². The van der Waals surface area contributed by atoms with Gasteiger partial charge in [-0.3, -0.25) is 4.79 Å². The van der Waals surface area contributed by atoms with Crippen LogP contribution in [0.5, 0.6) is 0 Å². The predicted molar refractivity (Wildman–Crippen MR) is 75.0 cm³/mol. The molecule has 1 heterocycles. The standard InChI is InChI=1S/C15H16N4O/c1-12-6-13(2-3-14(12)7-16)9-19-10-18-8-15(19)4-5-17-11-20/h2-3,6,8,10-11H,4-5,9H2,1H3,(H,17,20). The molecule has 1 amide bonds. The highest BCUT2D eigenvalue weighted by atomic mass is 16.1. The smallest absolute Gasteiger partial charge is 0.207 e. The fraction of sp³-hybridized carbons (Fsp3) is 0.267. The summed E-state index contributed by atoms with van der Waals surface area (Å²) in [7, 11) is 0. The molecule has 1 aromatic carbocycles. The Morgan fingerprint density at radius 2 is 2.35 bits per heavy atom. The van der Waals surface area contributed by atoms with Crippen LogP contribution in [0.25, 0.3) is 0 Å². The summed E-state index contributed by atoms with van der Waals surface area (Å²) in [5.74, 6) is 0. The predicted octanol–water partition coefficient (Wildman–Crippen LogP) is 1.40. The number of amides is 1. The van der Waals surface area contributed by atoms with E-state index in [4.69, 9.17) is 5.26 Å². The molecule has 0 aliphatic heterocycles. The highest BCUT2D eigenvalue weighted by molar-refractivity contribution is 5.45. The fourth-order valence-corrected chi connectivity index (χ4v) is 2.10. The second-order valence-electron chi connectivity index (χ2n) is 4.60. The first-order valence-corrected chi connectivity index (χ1v) is 6.40. The van der Waals surface area contributed by atoms with Crippen molar-refractivity contribution in [3.63, 3.8) is 0 Å². The minimum Gasteiger partial charge on any atom is -0.358 e. The zero-order valence-corrected chi connectivity index (χ0v) is 11.3. The average molecular weight is 268 g/mol. The van der Waals surface area contributed by atoms with Gasteiger partial charge in [0.1, 0.15) is 0 Å². The summed E-state index contributed by atoms with van der Waals surface area (Å²) in [6, 6.07) is 7.99. The Bertz CT molecular complexity index is 640. The maximum absolute atomic E-state index is 10.2. The van der Waals surface area contributed by atoms with Crippen molar-refractivity contribution in [2.75, 3.05) is 6.54 Å². The summed E-state index contributed by atoms with van der Waals surface area (Å²) in [5.41, 5.74) is 3.88. The van der Waals surface area contributed by atoms with E-state index >= 15 is 0 Å². The van der Waals surface area contributed by atoms with Crippen molar-refractivity contribution in [3.05, 3.63) is 53.1 Å². The van der Waals surface area contributed by atoms with Crippen molar-refractivity contribution in [3.8, 4) is 6.07 Å². The minimum absolute atomic E-state index is 0.599. The maximum atomic E-state index is 10.2. The fourth-order valence-electron chi connectivity index (χ4n) is 2.10. The molecule has 102 valence electrons. The van der Waals surface area contributed by atoms with E-state index in [0.29, 0.717) is 25.1 Å². The molecule has 2 rings (SSSR count). The topological polar surface area (TPSA) is 70.7 Å². The van der Waals surface area contributed by atoms with Crippen LogP contribution in [-0.2, 0) is 17.8 Å². The lowest BCUT2D eigenvalue weighted by Gasteiger charge is -2.09. The molecule has 0 spiro atoms. The van der Waals surface area contributed by atoms with Crippen molar-refractivity contribution in [2.45, 2.75) is 19.9 Å². The normalized spacial score (nSPS) is 10.0. The second-order valence-corrected chi connectivity index (χ2v) is 4.60. The molecule has 5 nitrogen and oxygen atoms in total. The first kappa shape index (κ1) is 13.8. The van der Waals surface area contributed by atoms with Crippen molar-refractivity contribution >= 4 is 6.41 Å². The van der Waals surface area contributed by atoms with Gasteiger partial charge in [-0.1, -0.05) is 12.1 Å². The SMILES string of the molecule is Cc1cc(Cn2cncc2CCNC=O)ccc1C#N. The Kier molecular flexibility index (Phi) is 4.51. The number of nitrogens with zero attached hydrogens (tertiary/aromatic N) is 3. The number of hydrogen-bond donors (Lipinski definition) is 1. The molecule has 0 fully saturated rings. The molecule has 0 atom stereocenters. The zero-order valence-electron chi connectivity index (χ0n) is 11.3. The van der Waals surface area contributed by atoms with E-state index in [9.17, 15) is 4.79 Å². The zero-order chi connectivity index (χ0) is 14.4. The summed E-state index contributed by atoms with van der Waals surface area (Å²) in [5, 5.41) is 11.6. The minimum atomic E-state index is 0.599. The largest absolute Gasteiger partial charge is 0.358 e. The van der Waals surface area contributed by atoms with Gasteiger partial charge in [0.05, 0.1) is 18.0 Å². The van der Waals surface area contributed by atoms with Crippen LogP contribution in [0.1, 0.15) is 22.4 Å². The van der Waals surface area contributed by atoms with E-state index in [2.05, 4.69) is 16.4 Å². The van der Waals surface area contributed by atoms with Crippen molar-refractivity contribution < 1.29 is 4.79 Å². The number of aryl methyl sites for hydroxylation is 1. The summed E-state index contributed by atoms with van der Waals surface area (Å²) >= 11 is 0. The molecule has 0 aliphatic rings. The van der Waals surface area contributed by atoms with E-state index in [1.54, 1.807) is 6.33 Å². The number of nitriles is 1. The molecular weight excluding hydrogens is 252 g/mol. The maximum Gasteiger partial charge on any atom is 0.207 e. The Labute approximate surface area is 117 Å². The number of nitrogens with one attached hydrogen (secondary N) is 1. The molecule has 0 unspecified atom stereocenters. The van der Waals surface area contributed by atoms with E-state index in [-0.39, 0.29) is 0 Å². The van der Waals surface area contributed by atoms with E-state index < -0.39 is 0 Å². The van der Waals surface area contributed by atoms with Gasteiger partial charge in [-0.2, -0.15) is 5.26 Å². The molecular formula is C15H16N4O. The highest BCUT2D eigenvalue weighted by Gasteiger charge is 2.04. The van der Waals surface area contributed by atoms with Gasteiger partial charge in [-0.05, 0) is 24.1 Å². The molecule has 20 heavy (non-hydrogen) atoms. The van der Waals surface area contributed by atoms with Crippen LogP contribution in [0.3, 0.4) is 0 Å². The summed E-state index contributed by atoms with van der Waals surface area (Å²) < 4.78 is 2.05. The van der Waals surface area contributed by atoms with Gasteiger partial charge in [0, 0.05) is 31.4 Å². The first-order valence-electron chi connectivity index (χ1n) is 6.40. The van der Waals surface area contributed by atoms with Crippen LogP contribution in [0, 0.1) is 18.3 Å². The quantitative estimate of drug-likeness (QED) is 0.636. The Balaban J connectivity index is 2.10. The van der Waals surface area contributed by atoms with Gasteiger partial charge in [0.25, 0.3) is 0 Å². The van der Waals surface area contributed by atoms with Crippen molar-refractivity contribution in [2.24, 2.45) is 0 Å². The average Bonchev–Trinajstić information content (AvgIpc) is 2.87. The number of carbonyl (C=O) groups is 1. The van der Waals surface area contributed by atoms with Crippen molar-refractivity contribution in [1.82, 2.24) is 14.9 Å². The molecule has 0 saturated heterocycles. The molecule has 1 aromatic heterocycles. The lowest BCUT2D eigenvalue weighted by atomic mass is 10.1. The lowest BCUT2D eigenvalue weighted by Crippen LogP contribution is -2.16. The molecule has 1 N–H and O–H groups in total. The van der Waals surface area contributed by atoms with Crippen LogP contribution in [0.4, 0.5) is 0 Å². The third-order valence-corrected chi connectivity index (χ3v) is 3.17. The van der Waals surface area contributed by atoms with Gasteiger partial charge >= 0.3 is 0 Å². The van der Waals surface area contributed by atoms with Gasteiger partial charge in [-0.15, -0.1) is 0 Å². The monoisotopic (exact) mass is 268 g/mol. The van der Waals surface area contributed by atoms with Crippen LogP contribution in [0.15, 0.2) is 30.7 Å². The molecule has 0 aliphatic carbocycles. The first-order chi connectivity index (χ1) is 9.74. The Morgan fingerprint density at radius 1 is 1.50 bits per heavy atom. The van der Waals surface area contributed by atoms with Gasteiger partial charge in [-0.25, -0.2) is 4.98 Å². The third kappa shape index (κ3) is 3.23. The number of benzene rings is 1. The van der Waals surface area contributed by atoms with Crippen LogP contribution in [-0.4, -0.2) is 22.5 Å². The van der Waals surface area contributed by atoms with Crippen molar-refractivity contribution in [1.29, 1.82) is 5.26 Å². The molecule has 2 aromatic rings. The van der Waals surface area contributed by atoms with Crippen LogP contribution in [0.2, 0.25) is 0 Å². The molecule has 5 heteroatoms. The van der Waals surface area contributed by atoms with E-state index in [1.165, 1.54) is 0 Å². The van der Waals surface area contributed by atoms with Gasteiger partial charge in [0.2, 0.25) is 6.41 Å². The Morgan fingerprint density at radius 3 is 3.05 bits per heavy atom. The summed E-state index contributed by atoms with van der Waals surface area (Å²) in [6.07, 6.45) is 5.03. The number of hydrogen-bond acceptors (Lipinski definition) is 3. The van der Waals surface area contributed by atoms with Crippen LogP contribution < -0.4 is 5.32 Å². The number of carbonyl (C=O) groups excluding carboxylic acids is 1. The van der Waals surface area contributed by atoms with E-state index in [0.717, 1.165) is 23.2 Å². The summed E-state index contributed by atoms with van der Waals surface area (Å²) in [6.45, 7) is 3.25.